The molecule has 0 spiro atoms. The van der Waals surface area contributed by atoms with E-state index in [2.05, 4.69) is 30.5 Å². The van der Waals surface area contributed by atoms with E-state index in [1.807, 2.05) is 10.6 Å². The Morgan fingerprint density at radius 3 is 2.25 bits per heavy atom. The van der Waals surface area contributed by atoms with Crippen molar-refractivity contribution in [2.75, 3.05) is 0 Å². The Morgan fingerprint density at radius 2 is 1.62 bits per heavy atom. The van der Waals surface area contributed by atoms with E-state index in [1.165, 1.54) is 49.8 Å². The second-order valence-electron chi connectivity index (χ2n) is 8.32. The summed E-state index contributed by atoms with van der Waals surface area (Å²) < 4.78 is 2.03. The van der Waals surface area contributed by atoms with Gasteiger partial charge in [-0.2, -0.15) is 5.10 Å². The zero-order chi connectivity index (χ0) is 15.7. The van der Waals surface area contributed by atoms with E-state index in [0.29, 0.717) is 5.41 Å². The van der Waals surface area contributed by atoms with Crippen LogP contribution in [0.3, 0.4) is 0 Å². The molecule has 4 aliphatic carbocycles. The molecule has 1 aromatic carbocycles. The second kappa shape index (κ2) is 4.69. The standard InChI is InChI=1S/C20H21N3S/c1-2-4-16(5-3-1)18-22-23-12-17(21-19(23)24-18)20-9-13-6-14(10-20)8-15(7-13)11-20/h1-5,12-15H,6-11H2. The summed E-state index contributed by atoms with van der Waals surface area (Å²) in [7, 11) is 0. The van der Waals surface area contributed by atoms with Crippen LogP contribution in [0.25, 0.3) is 15.5 Å². The fraction of sp³-hybridized carbons (Fsp3) is 0.500. The van der Waals surface area contributed by atoms with E-state index in [9.17, 15) is 0 Å². The zero-order valence-electron chi connectivity index (χ0n) is 13.7. The first-order valence-corrected chi connectivity index (χ1v) is 10.0. The number of nitrogens with zero attached hydrogens (tertiary/aromatic N) is 3. The van der Waals surface area contributed by atoms with Crippen LogP contribution in [-0.2, 0) is 5.41 Å². The lowest BCUT2D eigenvalue weighted by molar-refractivity contribution is -0.00698. The largest absolute Gasteiger partial charge is 0.222 e. The van der Waals surface area contributed by atoms with Crippen molar-refractivity contribution in [2.45, 2.75) is 43.9 Å². The maximum Gasteiger partial charge on any atom is 0.212 e. The van der Waals surface area contributed by atoms with Crippen LogP contribution in [-0.4, -0.2) is 14.6 Å². The number of fused-ring (bicyclic) bond motifs is 1. The molecule has 4 aliphatic rings. The summed E-state index contributed by atoms with van der Waals surface area (Å²) in [4.78, 5) is 6.12. The molecule has 0 N–H and O–H groups in total. The minimum Gasteiger partial charge on any atom is -0.222 e. The molecule has 4 bridgehead atoms. The number of aromatic nitrogens is 3. The Hall–Kier alpha value is -1.68. The van der Waals surface area contributed by atoms with Crippen LogP contribution in [0.5, 0.6) is 0 Å². The van der Waals surface area contributed by atoms with Crippen LogP contribution in [0.2, 0.25) is 0 Å². The molecule has 3 aromatic rings. The van der Waals surface area contributed by atoms with Gasteiger partial charge in [-0.25, -0.2) is 9.50 Å². The van der Waals surface area contributed by atoms with Gasteiger partial charge in [0.2, 0.25) is 4.96 Å². The van der Waals surface area contributed by atoms with Crippen molar-refractivity contribution in [2.24, 2.45) is 17.8 Å². The maximum atomic E-state index is 5.07. The second-order valence-corrected chi connectivity index (χ2v) is 9.28. The lowest BCUT2D eigenvalue weighted by atomic mass is 9.49. The normalized spacial score (nSPS) is 34.2. The van der Waals surface area contributed by atoms with Crippen molar-refractivity contribution >= 4 is 16.3 Å². The summed E-state index contributed by atoms with van der Waals surface area (Å²) in [5.74, 6) is 2.89. The van der Waals surface area contributed by atoms with Gasteiger partial charge >= 0.3 is 0 Å². The third-order valence-corrected chi connectivity index (χ3v) is 7.62. The molecule has 2 heterocycles. The topological polar surface area (TPSA) is 30.2 Å². The third kappa shape index (κ3) is 1.89. The van der Waals surface area contributed by atoms with E-state index in [1.54, 1.807) is 11.3 Å². The van der Waals surface area contributed by atoms with Crippen LogP contribution in [0.4, 0.5) is 0 Å². The quantitative estimate of drug-likeness (QED) is 0.665. The smallest absolute Gasteiger partial charge is 0.212 e. The van der Waals surface area contributed by atoms with Gasteiger partial charge in [-0.3, -0.25) is 0 Å². The van der Waals surface area contributed by atoms with E-state index < -0.39 is 0 Å². The first-order valence-electron chi connectivity index (χ1n) is 9.20. The number of rotatable bonds is 2. The predicted octanol–water partition coefficient (Wildman–Crippen LogP) is 4.93. The predicted molar refractivity (Wildman–Crippen MR) is 96.2 cm³/mol. The lowest BCUT2D eigenvalue weighted by Crippen LogP contribution is -2.48. The van der Waals surface area contributed by atoms with Crippen LogP contribution in [0.15, 0.2) is 36.5 Å². The fourth-order valence-electron chi connectivity index (χ4n) is 6.08. The monoisotopic (exact) mass is 335 g/mol. The van der Waals surface area contributed by atoms with Gasteiger partial charge < -0.3 is 0 Å². The highest BCUT2D eigenvalue weighted by molar-refractivity contribution is 7.19. The summed E-state index contributed by atoms with van der Waals surface area (Å²) in [6.45, 7) is 0. The average molecular weight is 335 g/mol. The molecular formula is C20H21N3S. The third-order valence-electron chi connectivity index (χ3n) is 6.65. The molecule has 0 amide bonds. The highest BCUT2D eigenvalue weighted by atomic mass is 32.1. The summed E-state index contributed by atoms with van der Waals surface area (Å²) in [6, 6.07) is 10.4. The van der Waals surface area contributed by atoms with Gasteiger partial charge in [-0.15, -0.1) is 0 Å². The maximum absolute atomic E-state index is 5.07. The van der Waals surface area contributed by atoms with Crippen molar-refractivity contribution in [3.63, 3.8) is 0 Å². The summed E-state index contributed by atoms with van der Waals surface area (Å²) in [6.07, 6.45) is 10.8. The molecule has 0 aliphatic heterocycles. The van der Waals surface area contributed by atoms with Gasteiger partial charge in [0.1, 0.15) is 5.01 Å². The molecule has 24 heavy (non-hydrogen) atoms. The Kier molecular flexibility index (Phi) is 2.66. The molecule has 0 saturated heterocycles. The Morgan fingerprint density at radius 1 is 0.958 bits per heavy atom. The van der Waals surface area contributed by atoms with Gasteiger partial charge in [0.15, 0.2) is 0 Å². The molecule has 4 heteroatoms. The van der Waals surface area contributed by atoms with Gasteiger partial charge in [-0.05, 0) is 56.3 Å². The molecule has 0 radical (unpaired) electrons. The van der Waals surface area contributed by atoms with Crippen molar-refractivity contribution < 1.29 is 0 Å². The molecule has 4 saturated carbocycles. The first kappa shape index (κ1) is 13.6. The SMILES string of the molecule is c1ccc(-c2nn3cc(C45CC6CC(CC(C6)C4)C5)nc3s2)cc1. The zero-order valence-corrected chi connectivity index (χ0v) is 14.5. The highest BCUT2D eigenvalue weighted by Gasteiger charge is 2.52. The lowest BCUT2D eigenvalue weighted by Gasteiger charge is -2.56. The molecule has 0 unspecified atom stereocenters. The van der Waals surface area contributed by atoms with Crippen molar-refractivity contribution in [3.05, 3.63) is 42.2 Å². The number of imidazole rings is 1. The average Bonchev–Trinajstić information content (AvgIpc) is 3.13. The summed E-state index contributed by atoms with van der Waals surface area (Å²) in [5.41, 5.74) is 2.89. The Balaban J connectivity index is 1.40. The van der Waals surface area contributed by atoms with Crippen molar-refractivity contribution in [3.8, 4) is 10.6 Å². The molecule has 2 aromatic heterocycles. The number of hydrogen-bond donors (Lipinski definition) is 0. The molecule has 4 fully saturated rings. The van der Waals surface area contributed by atoms with Gasteiger partial charge in [0.05, 0.1) is 11.9 Å². The molecule has 0 atom stereocenters. The van der Waals surface area contributed by atoms with Crippen LogP contribution < -0.4 is 0 Å². The minimum atomic E-state index is 0.370. The minimum absolute atomic E-state index is 0.370. The molecular weight excluding hydrogens is 314 g/mol. The molecule has 7 rings (SSSR count). The van der Waals surface area contributed by atoms with E-state index in [-0.39, 0.29) is 0 Å². The van der Waals surface area contributed by atoms with Crippen LogP contribution >= 0.6 is 11.3 Å². The fourth-order valence-corrected chi connectivity index (χ4v) is 6.96. The van der Waals surface area contributed by atoms with Crippen LogP contribution in [0, 0.1) is 17.8 Å². The van der Waals surface area contributed by atoms with Gasteiger partial charge in [0, 0.05) is 11.0 Å². The number of hydrogen-bond acceptors (Lipinski definition) is 3. The highest BCUT2D eigenvalue weighted by Crippen LogP contribution is 2.60. The van der Waals surface area contributed by atoms with Crippen LogP contribution in [0.1, 0.15) is 44.2 Å². The van der Waals surface area contributed by atoms with Crippen molar-refractivity contribution in [1.29, 1.82) is 0 Å². The van der Waals surface area contributed by atoms with Gasteiger partial charge in [-0.1, -0.05) is 41.7 Å². The molecule has 122 valence electrons. The number of benzene rings is 1. The van der Waals surface area contributed by atoms with E-state index >= 15 is 0 Å². The van der Waals surface area contributed by atoms with E-state index in [0.717, 1.165) is 27.7 Å². The van der Waals surface area contributed by atoms with Crippen molar-refractivity contribution in [1.82, 2.24) is 14.6 Å². The molecule has 3 nitrogen and oxygen atoms in total. The Labute approximate surface area is 145 Å². The first-order chi connectivity index (χ1) is 11.8. The summed E-state index contributed by atoms with van der Waals surface area (Å²) in [5, 5.41) is 5.87. The van der Waals surface area contributed by atoms with E-state index in [4.69, 9.17) is 10.1 Å². The Bertz CT molecular complexity index is 841. The van der Waals surface area contributed by atoms with Gasteiger partial charge in [0.25, 0.3) is 0 Å². The summed E-state index contributed by atoms with van der Waals surface area (Å²) >= 11 is 1.72.